The molecule has 0 bridgehead atoms. The van der Waals surface area contributed by atoms with Gasteiger partial charge in [-0.2, -0.15) is 0 Å². The Labute approximate surface area is 123 Å². The Kier molecular flexibility index (Phi) is 6.02. The predicted molar refractivity (Wildman–Crippen MR) is 76.5 cm³/mol. The van der Waals surface area contributed by atoms with E-state index in [4.69, 9.17) is 19.3 Å². The molecule has 1 atom stereocenters. The molecule has 0 aliphatic rings. The first kappa shape index (κ1) is 16.8. The molecule has 0 spiro atoms. The van der Waals surface area contributed by atoms with E-state index in [2.05, 4.69) is 0 Å². The largest absolute Gasteiger partial charge is 0.493 e. The van der Waals surface area contributed by atoms with Crippen molar-refractivity contribution in [3.05, 3.63) is 17.7 Å². The minimum absolute atomic E-state index is 0.0542. The molecule has 1 N–H and O–H groups in total. The second-order valence-corrected chi connectivity index (χ2v) is 4.71. The minimum atomic E-state index is -0.922. The van der Waals surface area contributed by atoms with E-state index in [1.54, 1.807) is 19.1 Å². The number of aliphatic carboxylic acids is 1. The summed E-state index contributed by atoms with van der Waals surface area (Å²) < 4.78 is 15.6. The van der Waals surface area contributed by atoms with Gasteiger partial charge in [-0.25, -0.2) is 0 Å². The van der Waals surface area contributed by atoms with Gasteiger partial charge >= 0.3 is 5.97 Å². The number of Topliss-reactive ketones (excluding diaryl/α,β-unsaturated/α-hetero) is 1. The van der Waals surface area contributed by atoms with E-state index in [-0.39, 0.29) is 24.5 Å². The molecule has 0 radical (unpaired) electrons. The lowest BCUT2D eigenvalue weighted by Gasteiger charge is -2.16. The molecular weight excluding hydrogens is 276 g/mol. The van der Waals surface area contributed by atoms with Gasteiger partial charge in [0.2, 0.25) is 5.75 Å². The van der Waals surface area contributed by atoms with Gasteiger partial charge in [-0.05, 0) is 18.1 Å². The highest BCUT2D eigenvalue weighted by Crippen LogP contribution is 2.40. The summed E-state index contributed by atoms with van der Waals surface area (Å²) >= 11 is 0. The molecule has 21 heavy (non-hydrogen) atoms. The first-order chi connectivity index (χ1) is 9.94. The molecule has 0 aliphatic carbocycles. The van der Waals surface area contributed by atoms with Gasteiger partial charge in [0.1, 0.15) is 0 Å². The van der Waals surface area contributed by atoms with Crippen LogP contribution in [-0.2, 0) is 4.79 Å². The number of carbonyl (C=O) groups excluding carboxylic acids is 1. The SMILES string of the molecule is COc1ccc(C(=O)CC(C)CC(=O)O)c(OC)c1OC. The molecule has 0 heterocycles. The highest BCUT2D eigenvalue weighted by atomic mass is 16.5. The summed E-state index contributed by atoms with van der Waals surface area (Å²) in [6.45, 7) is 1.72. The molecule has 0 saturated carbocycles. The molecule has 0 saturated heterocycles. The van der Waals surface area contributed by atoms with E-state index in [1.807, 2.05) is 0 Å². The zero-order valence-electron chi connectivity index (χ0n) is 12.6. The van der Waals surface area contributed by atoms with E-state index in [1.165, 1.54) is 21.3 Å². The fourth-order valence-electron chi connectivity index (χ4n) is 2.12. The maximum absolute atomic E-state index is 12.3. The van der Waals surface area contributed by atoms with Crippen molar-refractivity contribution in [1.29, 1.82) is 0 Å². The molecule has 1 aromatic rings. The van der Waals surface area contributed by atoms with E-state index in [0.29, 0.717) is 22.8 Å². The summed E-state index contributed by atoms with van der Waals surface area (Å²) in [7, 11) is 4.39. The Bertz CT molecular complexity index is 523. The summed E-state index contributed by atoms with van der Waals surface area (Å²) in [5.41, 5.74) is 0.354. The zero-order chi connectivity index (χ0) is 16.0. The van der Waals surface area contributed by atoms with Crippen LogP contribution in [0.2, 0.25) is 0 Å². The van der Waals surface area contributed by atoms with Crippen LogP contribution >= 0.6 is 0 Å². The summed E-state index contributed by atoms with van der Waals surface area (Å²) in [6, 6.07) is 3.21. The lowest BCUT2D eigenvalue weighted by atomic mass is 9.96. The van der Waals surface area contributed by atoms with Crippen molar-refractivity contribution in [2.24, 2.45) is 5.92 Å². The quantitative estimate of drug-likeness (QED) is 0.742. The van der Waals surface area contributed by atoms with E-state index in [9.17, 15) is 9.59 Å². The fraction of sp³-hybridized carbons (Fsp3) is 0.467. The molecule has 6 nitrogen and oxygen atoms in total. The number of rotatable bonds is 8. The molecular formula is C15H20O6. The summed E-state index contributed by atoms with van der Waals surface area (Å²) in [6.07, 6.45) is 0.0689. The summed E-state index contributed by atoms with van der Waals surface area (Å²) in [4.78, 5) is 23.0. The van der Waals surface area contributed by atoms with Gasteiger partial charge < -0.3 is 19.3 Å². The van der Waals surface area contributed by atoms with Crippen LogP contribution in [0.25, 0.3) is 0 Å². The van der Waals surface area contributed by atoms with Crippen LogP contribution in [0, 0.1) is 5.92 Å². The molecule has 0 aliphatic heterocycles. The third-order valence-corrected chi connectivity index (χ3v) is 3.06. The van der Waals surface area contributed by atoms with Crippen LogP contribution in [0.15, 0.2) is 12.1 Å². The maximum Gasteiger partial charge on any atom is 0.303 e. The molecule has 0 amide bonds. The van der Waals surface area contributed by atoms with Crippen LogP contribution in [0.5, 0.6) is 17.2 Å². The van der Waals surface area contributed by atoms with Crippen LogP contribution in [0.4, 0.5) is 0 Å². The Morgan fingerprint density at radius 2 is 1.67 bits per heavy atom. The number of carbonyl (C=O) groups is 2. The van der Waals surface area contributed by atoms with Gasteiger partial charge in [0.05, 0.1) is 26.9 Å². The average Bonchev–Trinajstić information content (AvgIpc) is 2.44. The number of carboxylic acid groups (broad SMARTS) is 1. The molecule has 1 unspecified atom stereocenters. The van der Waals surface area contributed by atoms with Gasteiger partial charge in [0.25, 0.3) is 0 Å². The number of hydrogen-bond acceptors (Lipinski definition) is 5. The zero-order valence-corrected chi connectivity index (χ0v) is 12.6. The topological polar surface area (TPSA) is 82.1 Å². The molecule has 0 fully saturated rings. The standard InChI is InChI=1S/C15H20O6/c1-9(8-13(17)18)7-11(16)10-5-6-12(19-2)15(21-4)14(10)20-3/h5-6,9H,7-8H2,1-4H3,(H,17,18). The van der Waals surface area contributed by atoms with Crippen molar-refractivity contribution in [3.63, 3.8) is 0 Å². The molecule has 0 aromatic heterocycles. The third-order valence-electron chi connectivity index (χ3n) is 3.06. The first-order valence-electron chi connectivity index (χ1n) is 6.48. The first-order valence-corrected chi connectivity index (χ1v) is 6.48. The van der Waals surface area contributed by atoms with Crippen LogP contribution in [0.1, 0.15) is 30.1 Å². The second kappa shape index (κ2) is 7.52. The monoisotopic (exact) mass is 296 g/mol. The Hall–Kier alpha value is -2.24. The van der Waals surface area contributed by atoms with Crippen molar-refractivity contribution >= 4 is 11.8 Å². The van der Waals surface area contributed by atoms with E-state index >= 15 is 0 Å². The van der Waals surface area contributed by atoms with Crippen LogP contribution in [-0.4, -0.2) is 38.2 Å². The van der Waals surface area contributed by atoms with Crippen molar-refractivity contribution in [2.45, 2.75) is 19.8 Å². The highest BCUT2D eigenvalue weighted by Gasteiger charge is 2.22. The fourth-order valence-corrected chi connectivity index (χ4v) is 2.12. The molecule has 116 valence electrons. The highest BCUT2D eigenvalue weighted by molar-refractivity contribution is 6.00. The van der Waals surface area contributed by atoms with E-state index in [0.717, 1.165) is 0 Å². The number of ether oxygens (including phenoxy) is 3. The Balaban J connectivity index is 3.07. The number of carboxylic acids is 1. The van der Waals surface area contributed by atoms with Crippen molar-refractivity contribution in [2.75, 3.05) is 21.3 Å². The molecule has 6 heteroatoms. The number of ketones is 1. The summed E-state index contributed by atoms with van der Waals surface area (Å²) in [5.74, 6) is -0.269. The lowest BCUT2D eigenvalue weighted by molar-refractivity contribution is -0.137. The van der Waals surface area contributed by atoms with Crippen molar-refractivity contribution in [3.8, 4) is 17.2 Å². The van der Waals surface area contributed by atoms with Gasteiger partial charge in [-0.15, -0.1) is 0 Å². The smallest absolute Gasteiger partial charge is 0.303 e. The maximum atomic E-state index is 12.3. The van der Waals surface area contributed by atoms with Crippen molar-refractivity contribution < 1.29 is 28.9 Å². The van der Waals surface area contributed by atoms with E-state index < -0.39 is 5.97 Å². The van der Waals surface area contributed by atoms with Crippen LogP contribution < -0.4 is 14.2 Å². The molecule has 1 aromatic carbocycles. The second-order valence-electron chi connectivity index (χ2n) is 4.71. The minimum Gasteiger partial charge on any atom is -0.493 e. The number of benzene rings is 1. The normalized spacial score (nSPS) is 11.6. The number of methoxy groups -OCH3 is 3. The number of hydrogen-bond donors (Lipinski definition) is 1. The Morgan fingerprint density at radius 3 is 2.14 bits per heavy atom. The lowest BCUT2D eigenvalue weighted by Crippen LogP contribution is -2.11. The third kappa shape index (κ3) is 4.11. The van der Waals surface area contributed by atoms with Crippen molar-refractivity contribution in [1.82, 2.24) is 0 Å². The van der Waals surface area contributed by atoms with Gasteiger partial charge in [-0.3, -0.25) is 9.59 Å². The van der Waals surface area contributed by atoms with Crippen LogP contribution in [0.3, 0.4) is 0 Å². The Morgan fingerprint density at radius 1 is 1.05 bits per heavy atom. The van der Waals surface area contributed by atoms with Gasteiger partial charge in [-0.1, -0.05) is 6.92 Å². The van der Waals surface area contributed by atoms with Gasteiger partial charge in [0.15, 0.2) is 17.3 Å². The summed E-state index contributed by atoms with van der Waals surface area (Å²) in [5, 5.41) is 8.75. The average molecular weight is 296 g/mol. The molecule has 1 rings (SSSR count). The predicted octanol–water partition coefficient (Wildman–Crippen LogP) is 2.40. The van der Waals surface area contributed by atoms with Gasteiger partial charge in [0, 0.05) is 12.8 Å².